The van der Waals surface area contributed by atoms with Gasteiger partial charge < -0.3 is 4.74 Å². The zero-order valence-electron chi connectivity index (χ0n) is 13.3. The maximum atomic E-state index is 12.1. The summed E-state index contributed by atoms with van der Waals surface area (Å²) in [6.07, 6.45) is 2.07. The fraction of sp³-hybridized carbons (Fsp3) is 0.588. The normalized spacial score (nSPS) is 15.7. The topological polar surface area (TPSA) is 26.3 Å². The van der Waals surface area contributed by atoms with Crippen molar-refractivity contribution in [1.82, 2.24) is 0 Å². The Morgan fingerprint density at radius 2 is 1.83 bits per heavy atom. The minimum atomic E-state index is -1.38. The van der Waals surface area contributed by atoms with Crippen molar-refractivity contribution in [3.05, 3.63) is 35.9 Å². The minimum absolute atomic E-state index is 0.128. The van der Waals surface area contributed by atoms with E-state index in [1.807, 2.05) is 30.3 Å². The van der Waals surface area contributed by atoms with Gasteiger partial charge in [-0.1, -0.05) is 88.0 Å². The molecule has 6 heteroatoms. The lowest BCUT2D eigenvalue weighted by atomic mass is 9.73. The minimum Gasteiger partial charge on any atom is -0.466 e. The third kappa shape index (κ3) is 7.21. The van der Waals surface area contributed by atoms with Crippen LogP contribution in [0.5, 0.6) is 0 Å². The van der Waals surface area contributed by atoms with Crippen molar-refractivity contribution in [2.75, 3.05) is 6.61 Å². The number of alkyl halides is 4. The second kappa shape index (κ2) is 9.50. The third-order valence-corrected chi connectivity index (χ3v) is 5.74. The van der Waals surface area contributed by atoms with E-state index in [0.717, 1.165) is 12.0 Å². The third-order valence-electron chi connectivity index (χ3n) is 3.98. The van der Waals surface area contributed by atoms with E-state index in [9.17, 15) is 4.79 Å². The van der Waals surface area contributed by atoms with Gasteiger partial charge in [-0.05, 0) is 30.7 Å². The van der Waals surface area contributed by atoms with Gasteiger partial charge in [0, 0.05) is 11.2 Å². The summed E-state index contributed by atoms with van der Waals surface area (Å²) in [4.78, 5) is 12.0. The van der Waals surface area contributed by atoms with Crippen molar-refractivity contribution in [2.24, 2.45) is 5.41 Å². The number of carbonyl (C=O) groups excluding carboxylic acids is 1. The SMILES string of the molecule is CCOC(=O)CC(CC)(Cc1ccccc1)C(Br)CC(Cl)(Cl)Cl. The van der Waals surface area contributed by atoms with Crippen LogP contribution < -0.4 is 0 Å². The van der Waals surface area contributed by atoms with Crippen molar-refractivity contribution in [2.45, 2.75) is 48.2 Å². The molecule has 0 spiro atoms. The average Bonchev–Trinajstić information content (AvgIpc) is 2.46. The molecule has 0 aromatic heterocycles. The molecule has 0 radical (unpaired) electrons. The van der Waals surface area contributed by atoms with Gasteiger partial charge in [-0.15, -0.1) is 0 Å². The summed E-state index contributed by atoms with van der Waals surface area (Å²) in [5.74, 6) is -0.223. The number of carbonyl (C=O) groups is 1. The van der Waals surface area contributed by atoms with E-state index in [-0.39, 0.29) is 22.6 Å². The zero-order valence-corrected chi connectivity index (χ0v) is 17.2. The smallest absolute Gasteiger partial charge is 0.306 e. The van der Waals surface area contributed by atoms with Gasteiger partial charge in [0.1, 0.15) is 0 Å². The van der Waals surface area contributed by atoms with E-state index in [1.54, 1.807) is 6.92 Å². The highest BCUT2D eigenvalue weighted by Crippen LogP contribution is 2.46. The van der Waals surface area contributed by atoms with Crippen molar-refractivity contribution in [3.8, 4) is 0 Å². The number of hydrogen-bond donors (Lipinski definition) is 0. The van der Waals surface area contributed by atoms with E-state index in [1.165, 1.54) is 0 Å². The highest BCUT2D eigenvalue weighted by molar-refractivity contribution is 9.09. The van der Waals surface area contributed by atoms with Crippen LogP contribution >= 0.6 is 50.7 Å². The summed E-state index contributed by atoms with van der Waals surface area (Å²) in [6, 6.07) is 10.0. The summed E-state index contributed by atoms with van der Waals surface area (Å²) in [5.41, 5.74) is 0.768. The van der Waals surface area contributed by atoms with Gasteiger partial charge in [0.2, 0.25) is 0 Å². The van der Waals surface area contributed by atoms with E-state index in [0.29, 0.717) is 19.4 Å². The predicted molar refractivity (Wildman–Crippen MR) is 102 cm³/mol. The first-order chi connectivity index (χ1) is 10.7. The molecule has 0 bridgehead atoms. The van der Waals surface area contributed by atoms with Gasteiger partial charge in [0.25, 0.3) is 0 Å². The van der Waals surface area contributed by atoms with Crippen LogP contribution in [-0.4, -0.2) is 21.2 Å². The van der Waals surface area contributed by atoms with Gasteiger partial charge in [0.05, 0.1) is 13.0 Å². The molecule has 2 unspecified atom stereocenters. The second-order valence-electron chi connectivity index (χ2n) is 5.65. The van der Waals surface area contributed by atoms with Gasteiger partial charge in [0.15, 0.2) is 3.79 Å². The first kappa shape index (κ1) is 21.1. The molecule has 1 aromatic rings. The quantitative estimate of drug-likeness (QED) is 0.358. The molecule has 1 aromatic carbocycles. The molecule has 0 fully saturated rings. The summed E-state index contributed by atoms with van der Waals surface area (Å²) < 4.78 is 3.78. The summed E-state index contributed by atoms with van der Waals surface area (Å²) >= 11 is 21.6. The Bertz CT molecular complexity index is 490. The highest BCUT2D eigenvalue weighted by Gasteiger charge is 2.41. The molecule has 0 heterocycles. The van der Waals surface area contributed by atoms with Crippen molar-refractivity contribution in [3.63, 3.8) is 0 Å². The fourth-order valence-corrected chi connectivity index (χ4v) is 4.83. The molecule has 0 saturated heterocycles. The van der Waals surface area contributed by atoms with Gasteiger partial charge in [-0.2, -0.15) is 0 Å². The fourth-order valence-electron chi connectivity index (χ4n) is 2.68. The van der Waals surface area contributed by atoms with Crippen LogP contribution in [0.2, 0.25) is 0 Å². The predicted octanol–water partition coefficient (Wildman–Crippen LogP) is 6.10. The van der Waals surface area contributed by atoms with Crippen LogP contribution in [0.1, 0.15) is 38.7 Å². The van der Waals surface area contributed by atoms with Crippen molar-refractivity contribution in [1.29, 1.82) is 0 Å². The molecule has 0 aliphatic rings. The molecule has 0 amide bonds. The van der Waals surface area contributed by atoms with Crippen molar-refractivity contribution < 1.29 is 9.53 Å². The second-order valence-corrected chi connectivity index (χ2v) is 9.27. The Hall–Kier alpha value is 0.0400. The van der Waals surface area contributed by atoms with E-state index in [4.69, 9.17) is 39.5 Å². The number of hydrogen-bond acceptors (Lipinski definition) is 2. The summed E-state index contributed by atoms with van der Waals surface area (Å²) in [5, 5.41) is 0. The van der Waals surface area contributed by atoms with Gasteiger partial charge in [-0.25, -0.2) is 0 Å². The molecule has 0 saturated carbocycles. The maximum absolute atomic E-state index is 12.1. The maximum Gasteiger partial charge on any atom is 0.306 e. The van der Waals surface area contributed by atoms with Crippen LogP contribution in [0.3, 0.4) is 0 Å². The number of esters is 1. The molecule has 2 nitrogen and oxygen atoms in total. The molecular formula is C17H22BrCl3O2. The van der Waals surface area contributed by atoms with Crippen LogP contribution in [0.25, 0.3) is 0 Å². The Morgan fingerprint density at radius 3 is 2.30 bits per heavy atom. The lowest BCUT2D eigenvalue weighted by molar-refractivity contribution is -0.146. The first-order valence-corrected chi connectivity index (χ1v) is 9.67. The van der Waals surface area contributed by atoms with Crippen molar-refractivity contribution >= 4 is 56.7 Å². The van der Waals surface area contributed by atoms with E-state index >= 15 is 0 Å². The molecule has 0 N–H and O–H groups in total. The molecule has 23 heavy (non-hydrogen) atoms. The van der Waals surface area contributed by atoms with Crippen LogP contribution in [-0.2, 0) is 16.0 Å². The average molecular weight is 445 g/mol. The Kier molecular flexibility index (Phi) is 8.71. The zero-order chi connectivity index (χ0) is 17.5. The lowest BCUT2D eigenvalue weighted by Crippen LogP contribution is -2.38. The molecule has 2 atom stereocenters. The Labute approximate surface area is 161 Å². The molecule has 0 aliphatic heterocycles. The largest absolute Gasteiger partial charge is 0.466 e. The highest BCUT2D eigenvalue weighted by atomic mass is 79.9. The van der Waals surface area contributed by atoms with Crippen LogP contribution in [0.4, 0.5) is 0 Å². The monoisotopic (exact) mass is 442 g/mol. The van der Waals surface area contributed by atoms with Gasteiger partial charge >= 0.3 is 5.97 Å². The summed E-state index contributed by atoms with van der Waals surface area (Å²) in [7, 11) is 0. The van der Waals surface area contributed by atoms with E-state index in [2.05, 4.69) is 22.9 Å². The Balaban J connectivity index is 3.07. The Morgan fingerprint density at radius 1 is 1.22 bits per heavy atom. The number of ether oxygens (including phenoxy) is 1. The molecule has 1 rings (SSSR count). The standard InChI is InChI=1S/C17H22BrCl3O2/c1-3-16(12-15(22)23-4-2,14(18)11-17(19,20)21)10-13-8-6-5-7-9-13/h5-9,14H,3-4,10-12H2,1-2H3. The van der Waals surface area contributed by atoms with Crippen LogP contribution in [0.15, 0.2) is 30.3 Å². The van der Waals surface area contributed by atoms with Gasteiger partial charge in [-0.3, -0.25) is 4.79 Å². The molecule has 0 aliphatic carbocycles. The lowest BCUT2D eigenvalue weighted by Gasteiger charge is -2.38. The van der Waals surface area contributed by atoms with Crippen LogP contribution in [0, 0.1) is 5.41 Å². The molecular weight excluding hydrogens is 422 g/mol. The number of halogens is 4. The first-order valence-electron chi connectivity index (χ1n) is 7.63. The summed E-state index contributed by atoms with van der Waals surface area (Å²) in [6.45, 7) is 4.21. The number of rotatable bonds is 8. The number of benzene rings is 1. The van der Waals surface area contributed by atoms with E-state index < -0.39 is 3.79 Å². The molecule has 130 valence electrons.